The van der Waals surface area contributed by atoms with Gasteiger partial charge in [-0.2, -0.15) is 0 Å². The summed E-state index contributed by atoms with van der Waals surface area (Å²) in [4.78, 5) is 38.2. The van der Waals surface area contributed by atoms with Crippen molar-refractivity contribution in [3.8, 4) is 0 Å². The smallest absolute Gasteiger partial charge is 0.335 e. The number of nitrogens with one attached hydrogen (secondary N) is 1. The van der Waals surface area contributed by atoms with E-state index in [1.54, 1.807) is 22.8 Å². The van der Waals surface area contributed by atoms with Crippen LogP contribution in [0, 0.1) is 13.8 Å². The van der Waals surface area contributed by atoms with Crippen LogP contribution in [0.4, 0.5) is 10.5 Å². The minimum absolute atomic E-state index is 0.0719. The summed E-state index contributed by atoms with van der Waals surface area (Å²) in [5.74, 6) is -1.31. The Labute approximate surface area is 139 Å². The van der Waals surface area contributed by atoms with Crippen LogP contribution in [0.3, 0.4) is 0 Å². The third kappa shape index (κ3) is 2.52. The van der Waals surface area contributed by atoms with E-state index in [0.29, 0.717) is 11.4 Å². The van der Waals surface area contributed by atoms with Gasteiger partial charge in [-0.3, -0.25) is 14.9 Å². The summed E-state index contributed by atoms with van der Waals surface area (Å²) >= 11 is 0. The number of urea groups is 1. The zero-order valence-corrected chi connectivity index (χ0v) is 13.7. The molecule has 1 aromatic carbocycles. The van der Waals surface area contributed by atoms with Gasteiger partial charge in [-0.15, -0.1) is 0 Å². The lowest BCUT2D eigenvalue weighted by Crippen LogP contribution is -2.54. The lowest BCUT2D eigenvalue weighted by atomic mass is 10.0. The van der Waals surface area contributed by atoms with E-state index in [1.165, 1.54) is 6.08 Å². The number of aromatic nitrogens is 1. The van der Waals surface area contributed by atoms with Crippen LogP contribution >= 0.6 is 0 Å². The van der Waals surface area contributed by atoms with Crippen LogP contribution in [-0.2, 0) is 16.6 Å². The molecule has 1 aromatic heterocycles. The number of nitrogens with zero attached hydrogens (tertiary/aromatic N) is 2. The molecule has 6 nitrogen and oxygen atoms in total. The van der Waals surface area contributed by atoms with Crippen molar-refractivity contribution < 1.29 is 14.4 Å². The second-order valence-corrected chi connectivity index (χ2v) is 5.72. The Kier molecular flexibility index (Phi) is 3.81. The molecule has 0 radical (unpaired) electrons. The van der Waals surface area contributed by atoms with Gasteiger partial charge in [-0.05, 0) is 49.2 Å². The van der Waals surface area contributed by atoms with Crippen LogP contribution in [0.5, 0.6) is 0 Å². The monoisotopic (exact) mass is 323 g/mol. The molecule has 2 heterocycles. The third-order valence-electron chi connectivity index (χ3n) is 4.19. The molecule has 122 valence electrons. The molecule has 0 aliphatic carbocycles. The van der Waals surface area contributed by atoms with Gasteiger partial charge in [0, 0.05) is 18.9 Å². The van der Waals surface area contributed by atoms with Crippen molar-refractivity contribution in [1.29, 1.82) is 0 Å². The highest BCUT2D eigenvalue weighted by atomic mass is 16.2. The number of anilines is 1. The molecule has 6 heteroatoms. The van der Waals surface area contributed by atoms with Gasteiger partial charge in [0.2, 0.25) is 0 Å². The van der Waals surface area contributed by atoms with Crippen LogP contribution < -0.4 is 10.2 Å². The predicted octanol–water partition coefficient (Wildman–Crippen LogP) is 2.31. The molecule has 0 atom stereocenters. The van der Waals surface area contributed by atoms with E-state index in [-0.39, 0.29) is 5.57 Å². The first-order chi connectivity index (χ1) is 11.4. The molecule has 1 N–H and O–H groups in total. The van der Waals surface area contributed by atoms with Crippen LogP contribution in [0.2, 0.25) is 0 Å². The Morgan fingerprint density at radius 3 is 2.46 bits per heavy atom. The van der Waals surface area contributed by atoms with Crippen LogP contribution in [0.25, 0.3) is 6.08 Å². The zero-order valence-electron chi connectivity index (χ0n) is 13.7. The van der Waals surface area contributed by atoms with Crippen molar-refractivity contribution in [2.45, 2.75) is 13.8 Å². The normalized spacial score (nSPS) is 16.7. The van der Waals surface area contributed by atoms with Crippen molar-refractivity contribution in [1.82, 2.24) is 9.88 Å². The first kappa shape index (κ1) is 15.7. The van der Waals surface area contributed by atoms with Gasteiger partial charge in [0.05, 0.1) is 5.69 Å². The molecule has 24 heavy (non-hydrogen) atoms. The number of rotatable bonds is 2. The van der Waals surface area contributed by atoms with Gasteiger partial charge >= 0.3 is 6.03 Å². The maximum atomic E-state index is 12.8. The van der Waals surface area contributed by atoms with Crippen molar-refractivity contribution in [2.75, 3.05) is 4.90 Å². The number of benzene rings is 1. The molecule has 1 aliphatic heterocycles. The molecule has 1 fully saturated rings. The second-order valence-electron chi connectivity index (χ2n) is 5.72. The first-order valence-corrected chi connectivity index (χ1v) is 7.49. The van der Waals surface area contributed by atoms with Crippen LogP contribution in [0.15, 0.2) is 42.1 Å². The van der Waals surface area contributed by atoms with E-state index in [0.717, 1.165) is 16.0 Å². The number of aryl methyl sites for hydroxylation is 2. The summed E-state index contributed by atoms with van der Waals surface area (Å²) in [5.41, 5.74) is 2.87. The highest BCUT2D eigenvalue weighted by Crippen LogP contribution is 2.26. The van der Waals surface area contributed by atoms with Gasteiger partial charge in [0.15, 0.2) is 0 Å². The average Bonchev–Trinajstić information content (AvgIpc) is 2.93. The summed E-state index contributed by atoms with van der Waals surface area (Å²) in [5, 5.41) is 2.24. The van der Waals surface area contributed by atoms with Gasteiger partial charge in [0.1, 0.15) is 5.57 Å². The summed E-state index contributed by atoms with van der Waals surface area (Å²) in [6, 6.07) is 8.22. The summed E-state index contributed by atoms with van der Waals surface area (Å²) in [6.07, 6.45) is 3.30. The van der Waals surface area contributed by atoms with Crippen molar-refractivity contribution in [3.63, 3.8) is 0 Å². The zero-order chi connectivity index (χ0) is 17.4. The SMILES string of the molecule is Cc1cccc(N2C(=O)NC(=O)/C(=C/c3cccn3C)C2=O)c1C. The van der Waals surface area contributed by atoms with Gasteiger partial charge in [0.25, 0.3) is 11.8 Å². The third-order valence-corrected chi connectivity index (χ3v) is 4.19. The lowest BCUT2D eigenvalue weighted by molar-refractivity contribution is -0.122. The Hall–Kier alpha value is -3.15. The number of barbiturate groups is 1. The Morgan fingerprint density at radius 2 is 1.79 bits per heavy atom. The average molecular weight is 323 g/mol. The van der Waals surface area contributed by atoms with Crippen molar-refractivity contribution in [2.24, 2.45) is 7.05 Å². The number of carbonyl (C=O) groups excluding carboxylic acids is 3. The quantitative estimate of drug-likeness (QED) is 0.681. The molecule has 1 aliphatic rings. The maximum absolute atomic E-state index is 12.8. The second kappa shape index (κ2) is 5.81. The summed E-state index contributed by atoms with van der Waals surface area (Å²) < 4.78 is 1.78. The molecule has 3 rings (SSSR count). The molecule has 4 amide bonds. The largest absolute Gasteiger partial charge is 0.351 e. The van der Waals surface area contributed by atoms with Crippen LogP contribution in [0.1, 0.15) is 16.8 Å². The predicted molar refractivity (Wildman–Crippen MR) is 90.3 cm³/mol. The number of amides is 4. The fourth-order valence-electron chi connectivity index (χ4n) is 2.63. The van der Waals surface area contributed by atoms with E-state index in [2.05, 4.69) is 5.32 Å². The molecule has 0 unspecified atom stereocenters. The molecule has 1 saturated heterocycles. The van der Waals surface area contributed by atoms with E-state index in [9.17, 15) is 14.4 Å². The molecule has 2 aromatic rings. The Balaban J connectivity index is 2.09. The van der Waals surface area contributed by atoms with E-state index in [1.807, 2.05) is 39.2 Å². The van der Waals surface area contributed by atoms with Crippen LogP contribution in [-0.4, -0.2) is 22.4 Å². The van der Waals surface area contributed by atoms with Crippen molar-refractivity contribution >= 4 is 29.6 Å². The molecular formula is C18H17N3O3. The number of hydrogen-bond acceptors (Lipinski definition) is 3. The highest BCUT2D eigenvalue weighted by molar-refractivity contribution is 6.39. The number of hydrogen-bond donors (Lipinski definition) is 1. The van der Waals surface area contributed by atoms with E-state index in [4.69, 9.17) is 0 Å². The lowest BCUT2D eigenvalue weighted by Gasteiger charge is -2.28. The maximum Gasteiger partial charge on any atom is 0.335 e. The molecular weight excluding hydrogens is 306 g/mol. The fraction of sp³-hybridized carbons (Fsp3) is 0.167. The Bertz CT molecular complexity index is 893. The molecule has 0 spiro atoms. The highest BCUT2D eigenvalue weighted by Gasteiger charge is 2.37. The fourth-order valence-corrected chi connectivity index (χ4v) is 2.63. The topological polar surface area (TPSA) is 71.4 Å². The number of imide groups is 2. The number of carbonyl (C=O) groups is 3. The van der Waals surface area contributed by atoms with Gasteiger partial charge in [-0.1, -0.05) is 12.1 Å². The standard InChI is InChI=1S/C18H17N3O3/c1-11-6-4-8-15(12(11)2)21-17(23)14(16(22)19-18(21)24)10-13-7-5-9-20(13)3/h4-10H,1-3H3,(H,19,22,24)/b14-10-. The Morgan fingerprint density at radius 1 is 1.04 bits per heavy atom. The minimum atomic E-state index is -0.734. The first-order valence-electron chi connectivity index (χ1n) is 7.49. The molecule has 0 saturated carbocycles. The van der Waals surface area contributed by atoms with E-state index < -0.39 is 17.8 Å². The van der Waals surface area contributed by atoms with Gasteiger partial charge < -0.3 is 4.57 Å². The van der Waals surface area contributed by atoms with Gasteiger partial charge in [-0.25, -0.2) is 9.69 Å². The molecule has 0 bridgehead atoms. The minimum Gasteiger partial charge on any atom is -0.351 e. The van der Waals surface area contributed by atoms with E-state index >= 15 is 0 Å². The summed E-state index contributed by atoms with van der Waals surface area (Å²) in [7, 11) is 1.81. The van der Waals surface area contributed by atoms with Crippen molar-refractivity contribution in [3.05, 3.63) is 58.9 Å². The summed E-state index contributed by atoms with van der Waals surface area (Å²) in [6.45, 7) is 3.74.